The lowest BCUT2D eigenvalue weighted by atomic mass is 9.67. The molecular formula is C29H27N5O5. The van der Waals surface area contributed by atoms with E-state index in [0.29, 0.717) is 31.7 Å². The van der Waals surface area contributed by atoms with Crippen LogP contribution in [0.15, 0.2) is 78.9 Å². The van der Waals surface area contributed by atoms with Gasteiger partial charge in [-0.3, -0.25) is 34.8 Å². The minimum Gasteiger partial charge on any atom is -0.364 e. The first-order valence-electron chi connectivity index (χ1n) is 12.9. The van der Waals surface area contributed by atoms with Gasteiger partial charge in [-0.1, -0.05) is 60.7 Å². The van der Waals surface area contributed by atoms with Crippen molar-refractivity contribution in [3.05, 3.63) is 106 Å². The number of amides is 4. The molecule has 0 saturated carbocycles. The summed E-state index contributed by atoms with van der Waals surface area (Å²) in [7, 11) is 0. The Morgan fingerprint density at radius 3 is 2.23 bits per heavy atom. The highest BCUT2D eigenvalue weighted by molar-refractivity contribution is 6.20. The van der Waals surface area contributed by atoms with Gasteiger partial charge in [-0.2, -0.15) is 0 Å². The summed E-state index contributed by atoms with van der Waals surface area (Å²) >= 11 is 0. The highest BCUT2D eigenvalue weighted by atomic mass is 16.6. The van der Waals surface area contributed by atoms with Gasteiger partial charge in [-0.15, -0.1) is 0 Å². The summed E-state index contributed by atoms with van der Waals surface area (Å²) in [6.07, 6.45) is -0.0341. The molecule has 1 N–H and O–H groups in total. The van der Waals surface area contributed by atoms with E-state index in [1.165, 1.54) is 12.1 Å². The number of hydrogen-bond acceptors (Lipinski definition) is 7. The molecule has 10 nitrogen and oxygen atoms in total. The minimum atomic E-state index is -1.62. The number of nitro benzene ring substituents is 1. The van der Waals surface area contributed by atoms with Crippen LogP contribution in [0.25, 0.3) is 0 Å². The molecular weight excluding hydrogens is 498 g/mol. The van der Waals surface area contributed by atoms with Gasteiger partial charge in [0.25, 0.3) is 5.69 Å². The van der Waals surface area contributed by atoms with Crippen molar-refractivity contribution in [3.8, 4) is 0 Å². The van der Waals surface area contributed by atoms with Gasteiger partial charge in [0.15, 0.2) is 5.41 Å². The van der Waals surface area contributed by atoms with Crippen molar-refractivity contribution < 1.29 is 19.3 Å². The van der Waals surface area contributed by atoms with E-state index in [1.54, 1.807) is 6.07 Å². The van der Waals surface area contributed by atoms with Crippen LogP contribution in [-0.2, 0) is 29.1 Å². The highest BCUT2D eigenvalue weighted by Gasteiger charge is 2.62. The number of nitrogens with zero attached hydrogens (tertiary/aromatic N) is 4. The van der Waals surface area contributed by atoms with Crippen LogP contribution in [0.5, 0.6) is 0 Å². The molecule has 3 aromatic carbocycles. The molecule has 2 atom stereocenters. The fourth-order valence-corrected chi connectivity index (χ4v) is 6.13. The van der Waals surface area contributed by atoms with Crippen molar-refractivity contribution in [1.82, 2.24) is 15.1 Å². The van der Waals surface area contributed by atoms with Crippen LogP contribution in [-0.4, -0.2) is 58.2 Å². The van der Waals surface area contributed by atoms with Crippen molar-refractivity contribution in [2.75, 3.05) is 24.5 Å². The van der Waals surface area contributed by atoms with Crippen molar-refractivity contribution in [3.63, 3.8) is 0 Å². The second kappa shape index (κ2) is 9.63. The minimum absolute atomic E-state index is 0.0166. The van der Waals surface area contributed by atoms with Gasteiger partial charge in [0, 0.05) is 50.4 Å². The molecule has 3 aromatic rings. The maximum Gasteiger partial charge on any atom is 0.331 e. The number of carbonyl (C=O) groups is 3. The van der Waals surface area contributed by atoms with Gasteiger partial charge in [0.1, 0.15) is 0 Å². The Hall–Kier alpha value is -4.57. The highest BCUT2D eigenvalue weighted by Crippen LogP contribution is 2.46. The van der Waals surface area contributed by atoms with E-state index in [1.807, 2.05) is 65.6 Å². The van der Waals surface area contributed by atoms with E-state index in [-0.39, 0.29) is 18.7 Å². The third-order valence-electron chi connectivity index (χ3n) is 8.02. The number of piperazine rings is 1. The number of urea groups is 1. The molecule has 2 fully saturated rings. The van der Waals surface area contributed by atoms with Gasteiger partial charge in [-0.05, 0) is 22.8 Å². The average molecular weight is 526 g/mol. The topological polar surface area (TPSA) is 116 Å². The molecule has 0 bridgehead atoms. The molecule has 4 amide bonds. The smallest absolute Gasteiger partial charge is 0.331 e. The maximum absolute atomic E-state index is 14.3. The van der Waals surface area contributed by atoms with Crippen LogP contribution in [0.4, 0.5) is 16.2 Å². The molecule has 10 heteroatoms. The predicted octanol–water partition coefficient (Wildman–Crippen LogP) is 3.11. The predicted molar refractivity (Wildman–Crippen MR) is 143 cm³/mol. The second-order valence-electron chi connectivity index (χ2n) is 10.3. The van der Waals surface area contributed by atoms with Crippen LogP contribution in [0.3, 0.4) is 0 Å². The number of anilines is 1. The lowest BCUT2D eigenvalue weighted by molar-refractivity contribution is -0.384. The number of nitrogens with one attached hydrogen (secondary N) is 1. The van der Waals surface area contributed by atoms with Crippen LogP contribution in [0, 0.1) is 15.5 Å². The summed E-state index contributed by atoms with van der Waals surface area (Å²) < 4.78 is 0. The zero-order chi connectivity index (χ0) is 27.1. The summed E-state index contributed by atoms with van der Waals surface area (Å²) in [5, 5.41) is 14.0. The van der Waals surface area contributed by atoms with Crippen molar-refractivity contribution in [2.24, 2.45) is 5.41 Å². The third-order valence-corrected chi connectivity index (χ3v) is 8.02. The Morgan fingerprint density at radius 2 is 1.56 bits per heavy atom. The normalized spacial score (nSPS) is 22.9. The van der Waals surface area contributed by atoms with E-state index in [0.717, 1.165) is 21.7 Å². The third kappa shape index (κ3) is 4.22. The van der Waals surface area contributed by atoms with Crippen LogP contribution in [0.1, 0.15) is 16.7 Å². The lowest BCUT2D eigenvalue weighted by Crippen LogP contribution is -2.75. The molecule has 3 heterocycles. The van der Waals surface area contributed by atoms with Gasteiger partial charge >= 0.3 is 6.03 Å². The first-order valence-corrected chi connectivity index (χ1v) is 12.9. The SMILES string of the molecule is O=C1NC(=O)[C@]2(Cc3cc([N+](=O)[O-])ccc3N3CCN(Cc4ccccc4)C[C@H]32)C(=O)N1Cc1ccccc1. The summed E-state index contributed by atoms with van der Waals surface area (Å²) in [6.45, 7) is 2.29. The first-order chi connectivity index (χ1) is 18.9. The second-order valence-corrected chi connectivity index (χ2v) is 10.3. The fraction of sp³-hybridized carbons (Fsp3) is 0.276. The Bertz CT molecular complexity index is 1460. The number of non-ortho nitro benzene ring substituents is 1. The number of barbiturate groups is 1. The average Bonchev–Trinajstić information content (AvgIpc) is 2.95. The van der Waals surface area contributed by atoms with Gasteiger partial charge < -0.3 is 4.90 Å². The number of nitro groups is 1. The molecule has 0 aliphatic carbocycles. The zero-order valence-corrected chi connectivity index (χ0v) is 21.2. The van der Waals surface area contributed by atoms with E-state index in [4.69, 9.17) is 0 Å². The molecule has 0 unspecified atom stereocenters. The maximum atomic E-state index is 14.3. The molecule has 39 heavy (non-hydrogen) atoms. The lowest BCUT2D eigenvalue weighted by Gasteiger charge is -2.55. The van der Waals surface area contributed by atoms with Crippen molar-refractivity contribution >= 4 is 29.2 Å². The summed E-state index contributed by atoms with van der Waals surface area (Å²) in [5.74, 6) is -1.23. The summed E-state index contributed by atoms with van der Waals surface area (Å²) in [5.41, 5.74) is 1.47. The fourth-order valence-electron chi connectivity index (χ4n) is 6.13. The zero-order valence-electron chi connectivity index (χ0n) is 21.2. The van der Waals surface area contributed by atoms with Crippen molar-refractivity contribution in [2.45, 2.75) is 25.6 Å². The Labute approximate surface area is 225 Å². The quantitative estimate of drug-likeness (QED) is 0.309. The summed E-state index contributed by atoms with van der Waals surface area (Å²) in [4.78, 5) is 57.5. The largest absolute Gasteiger partial charge is 0.364 e. The monoisotopic (exact) mass is 525 g/mol. The van der Waals surface area contributed by atoms with Crippen LogP contribution >= 0.6 is 0 Å². The standard InChI is InChI=1S/C29H27N5O5/c35-26-29(27(36)33(28(37)30-26)18-21-9-5-2-6-10-21)16-22-15-23(34(38)39)11-12-24(22)32-14-13-31(19-25(29)32)17-20-7-3-1-4-8-20/h1-12,15,25H,13-14,16-19H2,(H,30,35,37)/t25-,29+/m0/s1. The molecule has 6 rings (SSSR count). The van der Waals surface area contributed by atoms with Crippen LogP contribution in [0.2, 0.25) is 0 Å². The Kier molecular flexibility index (Phi) is 6.11. The molecule has 0 aromatic heterocycles. The molecule has 2 saturated heterocycles. The number of benzene rings is 3. The first kappa shape index (κ1) is 24.7. The molecule has 1 spiro atoms. The number of fused-ring (bicyclic) bond motifs is 4. The van der Waals surface area contributed by atoms with Gasteiger partial charge in [0.2, 0.25) is 11.8 Å². The summed E-state index contributed by atoms with van der Waals surface area (Å²) in [6, 6.07) is 22.4. The number of carbonyl (C=O) groups excluding carboxylic acids is 3. The van der Waals surface area contributed by atoms with Crippen LogP contribution < -0.4 is 10.2 Å². The van der Waals surface area contributed by atoms with E-state index in [2.05, 4.69) is 10.2 Å². The van der Waals surface area contributed by atoms with E-state index in [9.17, 15) is 24.5 Å². The number of imide groups is 2. The molecule has 0 radical (unpaired) electrons. The molecule has 3 aliphatic rings. The Morgan fingerprint density at radius 1 is 0.897 bits per heavy atom. The number of rotatable bonds is 5. The van der Waals surface area contributed by atoms with E-state index < -0.39 is 34.2 Å². The molecule has 3 aliphatic heterocycles. The van der Waals surface area contributed by atoms with Crippen molar-refractivity contribution in [1.29, 1.82) is 0 Å². The van der Waals surface area contributed by atoms with Gasteiger partial charge in [-0.25, -0.2) is 4.79 Å². The molecule has 198 valence electrons. The number of hydrogen-bond donors (Lipinski definition) is 1. The van der Waals surface area contributed by atoms with Gasteiger partial charge in [0.05, 0.1) is 17.5 Å². The van der Waals surface area contributed by atoms with E-state index >= 15 is 0 Å². The Balaban J connectivity index is 1.42.